The van der Waals surface area contributed by atoms with Crippen LogP contribution in [0.15, 0.2) is 42.5 Å². The minimum absolute atomic E-state index is 0.0132. The van der Waals surface area contributed by atoms with E-state index in [0.29, 0.717) is 0 Å². The number of benzene rings is 2. The smallest absolute Gasteiger partial charge is 0.416 e. The molecule has 1 saturated heterocycles. The van der Waals surface area contributed by atoms with Gasteiger partial charge in [-0.15, -0.1) is 0 Å². The molecule has 0 aromatic heterocycles. The zero-order valence-electron chi connectivity index (χ0n) is 16.0. The molecule has 2 aromatic rings. The van der Waals surface area contributed by atoms with Crippen molar-refractivity contribution in [2.45, 2.75) is 32.1 Å². The van der Waals surface area contributed by atoms with Gasteiger partial charge in [0.05, 0.1) is 17.2 Å². The van der Waals surface area contributed by atoms with Gasteiger partial charge in [0.25, 0.3) is 5.91 Å². The first-order valence-corrected chi connectivity index (χ1v) is 9.07. The van der Waals surface area contributed by atoms with Crippen molar-refractivity contribution >= 4 is 11.8 Å². The highest BCUT2D eigenvalue weighted by Crippen LogP contribution is 2.33. The molecular formula is C21H21F3N2O3. The Morgan fingerprint density at radius 3 is 2.62 bits per heavy atom. The highest BCUT2D eigenvalue weighted by molar-refractivity contribution is 5.97. The lowest BCUT2D eigenvalue weighted by Crippen LogP contribution is -2.39. The summed E-state index contributed by atoms with van der Waals surface area (Å²) in [6.45, 7) is 1.73. The van der Waals surface area contributed by atoms with Gasteiger partial charge in [-0.2, -0.15) is 13.2 Å². The van der Waals surface area contributed by atoms with Gasteiger partial charge < -0.3 is 14.9 Å². The van der Waals surface area contributed by atoms with Crippen LogP contribution >= 0.6 is 0 Å². The SMILES string of the molecule is Cc1ccc(O)c(C(=O)N(C)C2CC(=O)N(Cc3ccccc3C(F)(F)F)C2)c1. The number of likely N-dealkylation sites (tertiary alicyclic amines) is 1. The topological polar surface area (TPSA) is 60.9 Å². The van der Waals surface area contributed by atoms with E-state index in [1.165, 1.54) is 41.1 Å². The molecule has 1 unspecified atom stereocenters. The first-order valence-electron chi connectivity index (χ1n) is 9.07. The standard InChI is InChI=1S/C21H21F3N2O3/c1-13-7-8-18(27)16(9-13)20(29)25(2)15-10-19(28)26(12-15)11-14-5-3-4-6-17(14)21(22,23)24/h3-9,15,27H,10-12H2,1-2H3. The third-order valence-electron chi connectivity index (χ3n) is 5.13. The highest BCUT2D eigenvalue weighted by Gasteiger charge is 2.37. The summed E-state index contributed by atoms with van der Waals surface area (Å²) < 4.78 is 39.6. The van der Waals surface area contributed by atoms with Crippen molar-refractivity contribution in [3.8, 4) is 5.75 Å². The molecule has 1 N–H and O–H groups in total. The normalized spacial score (nSPS) is 16.9. The highest BCUT2D eigenvalue weighted by atomic mass is 19.4. The predicted octanol–water partition coefficient (Wildman–Crippen LogP) is 3.59. The van der Waals surface area contributed by atoms with Crippen LogP contribution in [-0.2, 0) is 17.5 Å². The number of alkyl halides is 3. The molecule has 1 aliphatic rings. The number of carbonyl (C=O) groups is 2. The number of hydrogen-bond donors (Lipinski definition) is 1. The number of likely N-dealkylation sites (N-methyl/N-ethyl adjacent to an activating group) is 1. The van der Waals surface area contributed by atoms with Crippen LogP contribution < -0.4 is 0 Å². The second-order valence-corrected chi connectivity index (χ2v) is 7.22. The van der Waals surface area contributed by atoms with E-state index in [4.69, 9.17) is 0 Å². The molecule has 3 rings (SSSR count). The number of nitrogens with zero attached hydrogens (tertiary/aromatic N) is 2. The Labute approximate surface area is 166 Å². The van der Waals surface area contributed by atoms with E-state index in [9.17, 15) is 27.9 Å². The number of hydrogen-bond acceptors (Lipinski definition) is 3. The number of phenols is 1. The van der Waals surface area contributed by atoms with E-state index in [1.54, 1.807) is 19.1 Å². The summed E-state index contributed by atoms with van der Waals surface area (Å²) in [5.41, 5.74) is 0.165. The Morgan fingerprint density at radius 2 is 1.93 bits per heavy atom. The van der Waals surface area contributed by atoms with Gasteiger partial charge in [0.15, 0.2) is 0 Å². The van der Waals surface area contributed by atoms with Gasteiger partial charge in [0.2, 0.25) is 5.91 Å². The average molecular weight is 406 g/mol. The van der Waals surface area contributed by atoms with Crippen LogP contribution in [0.25, 0.3) is 0 Å². The number of carbonyl (C=O) groups excluding carboxylic acids is 2. The van der Waals surface area contributed by atoms with Crippen LogP contribution in [0.4, 0.5) is 13.2 Å². The number of halogens is 3. The Bertz CT molecular complexity index is 943. The second-order valence-electron chi connectivity index (χ2n) is 7.22. The Morgan fingerprint density at radius 1 is 1.24 bits per heavy atom. The molecular weight excluding hydrogens is 385 g/mol. The van der Waals surface area contributed by atoms with Gasteiger partial charge in [-0.25, -0.2) is 0 Å². The minimum atomic E-state index is -4.51. The Hall–Kier alpha value is -3.03. The monoisotopic (exact) mass is 406 g/mol. The van der Waals surface area contributed by atoms with Crippen LogP contribution in [0.2, 0.25) is 0 Å². The molecule has 1 aliphatic heterocycles. The predicted molar refractivity (Wildman–Crippen MR) is 100 cm³/mol. The van der Waals surface area contributed by atoms with Gasteiger partial charge in [-0.3, -0.25) is 9.59 Å². The van der Waals surface area contributed by atoms with Gasteiger partial charge in [0, 0.05) is 26.6 Å². The summed E-state index contributed by atoms with van der Waals surface area (Å²) in [7, 11) is 1.52. The van der Waals surface area contributed by atoms with Crippen LogP contribution in [-0.4, -0.2) is 46.4 Å². The molecule has 1 heterocycles. The third-order valence-corrected chi connectivity index (χ3v) is 5.13. The zero-order valence-corrected chi connectivity index (χ0v) is 16.0. The maximum absolute atomic E-state index is 13.2. The first kappa shape index (κ1) is 20.7. The summed E-state index contributed by atoms with van der Waals surface area (Å²) in [6.07, 6.45) is -4.49. The molecule has 2 aromatic carbocycles. The summed E-state index contributed by atoms with van der Waals surface area (Å²) in [6, 6.07) is 9.31. The zero-order chi connectivity index (χ0) is 21.3. The van der Waals surface area contributed by atoms with E-state index in [-0.39, 0.29) is 42.3 Å². The summed E-state index contributed by atoms with van der Waals surface area (Å²) in [4.78, 5) is 27.8. The fraction of sp³-hybridized carbons (Fsp3) is 0.333. The third kappa shape index (κ3) is 4.36. The van der Waals surface area contributed by atoms with E-state index in [2.05, 4.69) is 0 Å². The minimum Gasteiger partial charge on any atom is -0.507 e. The molecule has 0 aliphatic carbocycles. The number of rotatable bonds is 4. The molecule has 2 amide bonds. The molecule has 5 nitrogen and oxygen atoms in total. The molecule has 0 spiro atoms. The lowest BCUT2D eigenvalue weighted by atomic mass is 10.1. The summed E-state index contributed by atoms with van der Waals surface area (Å²) in [5.74, 6) is -0.922. The fourth-order valence-electron chi connectivity index (χ4n) is 3.48. The molecule has 154 valence electrons. The van der Waals surface area contributed by atoms with Crippen molar-refractivity contribution in [3.05, 3.63) is 64.7 Å². The molecule has 0 bridgehead atoms. The Balaban J connectivity index is 1.75. The van der Waals surface area contributed by atoms with Crippen LogP contribution in [0, 0.1) is 6.92 Å². The Kier molecular flexibility index (Phi) is 5.55. The number of aryl methyl sites for hydroxylation is 1. The molecule has 0 saturated carbocycles. The van der Waals surface area contributed by atoms with E-state index in [0.717, 1.165) is 11.6 Å². The fourth-order valence-corrected chi connectivity index (χ4v) is 3.48. The molecule has 0 radical (unpaired) electrons. The first-order chi connectivity index (χ1) is 13.6. The van der Waals surface area contributed by atoms with E-state index >= 15 is 0 Å². The molecule has 1 fully saturated rings. The van der Waals surface area contributed by atoms with E-state index in [1.807, 2.05) is 0 Å². The molecule has 29 heavy (non-hydrogen) atoms. The molecule has 8 heteroatoms. The van der Waals surface area contributed by atoms with Gasteiger partial charge in [0.1, 0.15) is 5.75 Å². The average Bonchev–Trinajstić information content (AvgIpc) is 3.02. The maximum atomic E-state index is 13.2. The second kappa shape index (κ2) is 7.77. The van der Waals surface area contributed by atoms with Crippen molar-refractivity contribution in [1.29, 1.82) is 0 Å². The van der Waals surface area contributed by atoms with Crippen LogP contribution in [0.1, 0.15) is 33.5 Å². The number of aromatic hydroxyl groups is 1. The lowest BCUT2D eigenvalue weighted by Gasteiger charge is -2.25. The maximum Gasteiger partial charge on any atom is 0.416 e. The van der Waals surface area contributed by atoms with Crippen molar-refractivity contribution in [2.24, 2.45) is 0 Å². The number of phenolic OH excluding ortho intramolecular Hbond substituents is 1. The summed E-state index contributed by atoms with van der Waals surface area (Å²) in [5, 5.41) is 9.97. The van der Waals surface area contributed by atoms with Crippen LogP contribution in [0.5, 0.6) is 5.75 Å². The lowest BCUT2D eigenvalue weighted by molar-refractivity contribution is -0.139. The largest absolute Gasteiger partial charge is 0.507 e. The van der Waals surface area contributed by atoms with Gasteiger partial charge in [-0.1, -0.05) is 29.8 Å². The quantitative estimate of drug-likeness (QED) is 0.844. The van der Waals surface area contributed by atoms with Gasteiger partial charge in [-0.05, 0) is 30.7 Å². The van der Waals surface area contributed by atoms with E-state index < -0.39 is 23.7 Å². The van der Waals surface area contributed by atoms with Crippen molar-refractivity contribution in [2.75, 3.05) is 13.6 Å². The van der Waals surface area contributed by atoms with Crippen molar-refractivity contribution in [1.82, 2.24) is 9.80 Å². The van der Waals surface area contributed by atoms with Crippen LogP contribution in [0.3, 0.4) is 0 Å². The van der Waals surface area contributed by atoms with Crippen molar-refractivity contribution in [3.63, 3.8) is 0 Å². The summed E-state index contributed by atoms with van der Waals surface area (Å²) >= 11 is 0. The van der Waals surface area contributed by atoms with Crippen molar-refractivity contribution < 1.29 is 27.9 Å². The van der Waals surface area contributed by atoms with Gasteiger partial charge >= 0.3 is 6.18 Å². The number of amides is 2. The molecule has 1 atom stereocenters.